The Morgan fingerprint density at radius 3 is 2.77 bits per heavy atom. The van der Waals surface area contributed by atoms with Gasteiger partial charge in [-0.15, -0.1) is 0 Å². The molecule has 0 bridgehead atoms. The summed E-state index contributed by atoms with van der Waals surface area (Å²) in [6, 6.07) is 7.98. The van der Waals surface area contributed by atoms with Crippen LogP contribution < -0.4 is 15.5 Å². The maximum atomic E-state index is 13.0. The van der Waals surface area contributed by atoms with Crippen LogP contribution in [0.3, 0.4) is 0 Å². The molecule has 160 valence electrons. The normalized spacial score (nSPS) is 13.8. The first-order chi connectivity index (χ1) is 14.9. The number of aromatic nitrogens is 2. The monoisotopic (exact) mass is 458 g/mol. The van der Waals surface area contributed by atoms with Gasteiger partial charge in [-0.1, -0.05) is 6.07 Å². The molecule has 2 heterocycles. The summed E-state index contributed by atoms with van der Waals surface area (Å²) in [6.07, 6.45) is 0. The average Bonchev–Trinajstić information content (AvgIpc) is 3.25. The predicted octanol–water partition coefficient (Wildman–Crippen LogP) is 2.87. The third-order valence-corrected chi connectivity index (χ3v) is 5.64. The van der Waals surface area contributed by atoms with Crippen LogP contribution >= 0.6 is 23.9 Å². The SMILES string of the molecule is Cc1ccc2nsnc2c1NC(=S)NC(=O)c1cc([N+](=O)[O-])ccc1N1CCOCC1. The smallest absolute Gasteiger partial charge is 0.270 e. The van der Waals surface area contributed by atoms with E-state index in [9.17, 15) is 14.9 Å². The van der Waals surface area contributed by atoms with Crippen molar-refractivity contribution < 1.29 is 14.5 Å². The van der Waals surface area contributed by atoms with E-state index in [1.165, 1.54) is 12.1 Å². The summed E-state index contributed by atoms with van der Waals surface area (Å²) in [6.45, 7) is 4.09. The van der Waals surface area contributed by atoms with Crippen LogP contribution in [-0.2, 0) is 4.74 Å². The molecule has 0 radical (unpaired) electrons. The average molecular weight is 459 g/mol. The Bertz CT molecular complexity index is 1180. The van der Waals surface area contributed by atoms with E-state index in [-0.39, 0.29) is 16.4 Å². The molecule has 1 aliphatic rings. The van der Waals surface area contributed by atoms with Crippen molar-refractivity contribution in [3.8, 4) is 0 Å². The van der Waals surface area contributed by atoms with E-state index in [1.54, 1.807) is 6.07 Å². The summed E-state index contributed by atoms with van der Waals surface area (Å²) in [5.41, 5.74) is 3.52. The molecule has 0 atom stereocenters. The van der Waals surface area contributed by atoms with Crippen molar-refractivity contribution in [2.24, 2.45) is 0 Å². The van der Waals surface area contributed by atoms with Gasteiger partial charge in [0.05, 0.1) is 46.8 Å². The molecule has 1 aliphatic heterocycles. The largest absolute Gasteiger partial charge is 0.378 e. The van der Waals surface area contributed by atoms with Crippen LogP contribution in [0.1, 0.15) is 15.9 Å². The number of non-ortho nitro benzene ring substituents is 1. The summed E-state index contributed by atoms with van der Waals surface area (Å²) in [5.74, 6) is -0.538. The summed E-state index contributed by atoms with van der Waals surface area (Å²) >= 11 is 6.42. The molecule has 3 aromatic rings. The number of carbonyl (C=O) groups excluding carboxylic acids is 1. The van der Waals surface area contributed by atoms with E-state index in [2.05, 4.69) is 19.4 Å². The van der Waals surface area contributed by atoms with Gasteiger partial charge in [0.2, 0.25) is 0 Å². The summed E-state index contributed by atoms with van der Waals surface area (Å²) in [7, 11) is 0. The van der Waals surface area contributed by atoms with Gasteiger partial charge >= 0.3 is 0 Å². The number of nitrogens with zero attached hydrogens (tertiary/aromatic N) is 4. The number of amides is 1. The van der Waals surface area contributed by atoms with Crippen molar-refractivity contribution in [1.29, 1.82) is 0 Å². The minimum atomic E-state index is -0.538. The fourth-order valence-electron chi connectivity index (χ4n) is 3.32. The standard InChI is InChI=1S/C19H18N6O4S2/c1-11-2-4-14-17(23-31-22-14)16(11)20-19(30)21-18(26)13-10-12(25(27)28)3-5-15(13)24-6-8-29-9-7-24/h2-5,10H,6-9H2,1H3,(H2,20,21,26,30). The Morgan fingerprint density at radius 2 is 2.03 bits per heavy atom. The lowest BCUT2D eigenvalue weighted by Crippen LogP contribution is -2.39. The molecular formula is C19H18N6O4S2. The fourth-order valence-corrected chi connectivity index (χ4v) is 4.06. The van der Waals surface area contributed by atoms with Crippen LogP contribution in [0.25, 0.3) is 11.0 Å². The molecule has 4 rings (SSSR count). The number of rotatable bonds is 4. The molecule has 10 nitrogen and oxygen atoms in total. The van der Waals surface area contributed by atoms with Crippen molar-refractivity contribution >= 4 is 63.1 Å². The predicted molar refractivity (Wildman–Crippen MR) is 122 cm³/mol. The molecule has 2 N–H and O–H groups in total. The van der Waals surface area contributed by atoms with Crippen molar-refractivity contribution in [3.05, 3.63) is 51.6 Å². The number of carbonyl (C=O) groups is 1. The second-order valence-electron chi connectivity index (χ2n) is 6.86. The van der Waals surface area contributed by atoms with Gasteiger partial charge < -0.3 is 15.0 Å². The van der Waals surface area contributed by atoms with Gasteiger partial charge in [-0.2, -0.15) is 8.75 Å². The zero-order valence-corrected chi connectivity index (χ0v) is 18.1. The maximum Gasteiger partial charge on any atom is 0.270 e. The molecule has 1 fully saturated rings. The number of fused-ring (bicyclic) bond motifs is 1. The first-order valence-electron chi connectivity index (χ1n) is 9.39. The minimum Gasteiger partial charge on any atom is -0.378 e. The van der Waals surface area contributed by atoms with Crippen LogP contribution in [0.15, 0.2) is 30.3 Å². The molecule has 31 heavy (non-hydrogen) atoms. The molecule has 0 saturated carbocycles. The maximum absolute atomic E-state index is 13.0. The third-order valence-electron chi connectivity index (χ3n) is 4.89. The third kappa shape index (κ3) is 4.45. The molecular weight excluding hydrogens is 440 g/mol. The van der Waals surface area contributed by atoms with Gasteiger partial charge in [0.1, 0.15) is 11.0 Å². The lowest BCUT2D eigenvalue weighted by atomic mass is 10.1. The molecule has 0 unspecified atom stereocenters. The Balaban J connectivity index is 1.59. The Labute approximate surface area is 186 Å². The number of benzene rings is 2. The number of hydrogen-bond donors (Lipinski definition) is 2. The van der Waals surface area contributed by atoms with E-state index >= 15 is 0 Å². The number of nitrogens with one attached hydrogen (secondary N) is 2. The van der Waals surface area contributed by atoms with E-state index in [0.717, 1.165) is 22.8 Å². The number of ether oxygens (including phenoxy) is 1. The number of hydrogen-bond acceptors (Lipinski definition) is 9. The molecule has 2 aromatic carbocycles. The van der Waals surface area contributed by atoms with E-state index in [0.29, 0.717) is 43.2 Å². The van der Waals surface area contributed by atoms with Crippen LogP contribution in [-0.4, -0.2) is 51.0 Å². The van der Waals surface area contributed by atoms with Gasteiger partial charge in [-0.3, -0.25) is 20.2 Å². The van der Waals surface area contributed by atoms with Crippen LogP contribution in [0.2, 0.25) is 0 Å². The number of nitro benzene ring substituents is 1. The first-order valence-corrected chi connectivity index (χ1v) is 10.5. The van der Waals surface area contributed by atoms with Crippen molar-refractivity contribution in [2.45, 2.75) is 6.92 Å². The lowest BCUT2D eigenvalue weighted by Gasteiger charge is -2.30. The molecule has 1 aromatic heterocycles. The molecule has 1 saturated heterocycles. The Morgan fingerprint density at radius 1 is 1.26 bits per heavy atom. The van der Waals surface area contributed by atoms with E-state index in [1.807, 2.05) is 24.0 Å². The summed E-state index contributed by atoms with van der Waals surface area (Å²) < 4.78 is 13.8. The minimum absolute atomic E-state index is 0.0630. The molecule has 1 amide bonds. The topological polar surface area (TPSA) is 123 Å². The first kappa shape index (κ1) is 21.0. The number of thiocarbonyl (C=S) groups is 1. The van der Waals surface area contributed by atoms with Gasteiger partial charge in [0, 0.05) is 25.2 Å². The number of aryl methyl sites for hydroxylation is 1. The second kappa shape index (κ2) is 8.88. The fraction of sp³-hybridized carbons (Fsp3) is 0.263. The molecule has 0 aliphatic carbocycles. The number of morpholine rings is 1. The van der Waals surface area contributed by atoms with Crippen molar-refractivity contribution in [2.75, 3.05) is 36.5 Å². The Kier molecular flexibility index (Phi) is 6.02. The van der Waals surface area contributed by atoms with Gasteiger partial charge in [-0.05, 0) is 36.8 Å². The highest BCUT2D eigenvalue weighted by Gasteiger charge is 2.23. The van der Waals surface area contributed by atoms with Crippen LogP contribution in [0.4, 0.5) is 17.1 Å². The second-order valence-corrected chi connectivity index (χ2v) is 7.79. The van der Waals surface area contributed by atoms with E-state index < -0.39 is 10.8 Å². The van der Waals surface area contributed by atoms with Gasteiger partial charge in [-0.25, -0.2) is 0 Å². The van der Waals surface area contributed by atoms with Gasteiger partial charge in [0.25, 0.3) is 11.6 Å². The highest BCUT2D eigenvalue weighted by atomic mass is 32.1. The number of anilines is 2. The van der Waals surface area contributed by atoms with Crippen LogP contribution in [0, 0.1) is 17.0 Å². The number of nitro groups is 1. The van der Waals surface area contributed by atoms with Crippen LogP contribution in [0.5, 0.6) is 0 Å². The molecule has 12 heteroatoms. The van der Waals surface area contributed by atoms with Crippen molar-refractivity contribution in [3.63, 3.8) is 0 Å². The highest BCUT2D eigenvalue weighted by molar-refractivity contribution is 7.80. The lowest BCUT2D eigenvalue weighted by molar-refractivity contribution is -0.384. The quantitative estimate of drug-likeness (QED) is 0.345. The summed E-state index contributed by atoms with van der Waals surface area (Å²) in [4.78, 5) is 25.7. The zero-order valence-electron chi connectivity index (χ0n) is 16.5. The van der Waals surface area contributed by atoms with Gasteiger partial charge in [0.15, 0.2) is 5.11 Å². The summed E-state index contributed by atoms with van der Waals surface area (Å²) in [5, 5.41) is 17.0. The zero-order chi connectivity index (χ0) is 22.0. The molecule has 0 spiro atoms. The van der Waals surface area contributed by atoms with E-state index in [4.69, 9.17) is 17.0 Å². The highest BCUT2D eigenvalue weighted by Crippen LogP contribution is 2.27. The van der Waals surface area contributed by atoms with Crippen molar-refractivity contribution in [1.82, 2.24) is 14.1 Å². The Hall–Kier alpha value is -3.22.